The van der Waals surface area contributed by atoms with E-state index in [1.165, 1.54) is 4.68 Å². The summed E-state index contributed by atoms with van der Waals surface area (Å²) < 4.78 is 7.27. The van der Waals surface area contributed by atoms with Crippen LogP contribution in [-0.2, 0) is 6.54 Å². The Labute approximate surface area is 106 Å². The predicted molar refractivity (Wildman–Crippen MR) is 66.3 cm³/mol. The average Bonchev–Trinajstić information content (AvgIpc) is 2.53. The van der Waals surface area contributed by atoms with E-state index in [-0.39, 0.29) is 5.56 Å². The van der Waals surface area contributed by atoms with Crippen molar-refractivity contribution >= 4 is 22.6 Å². The van der Waals surface area contributed by atoms with Gasteiger partial charge in [0.15, 0.2) is 0 Å². The molecule has 0 saturated heterocycles. The largest absolute Gasteiger partial charge is 0.361 e. The fraction of sp³-hybridized carbons (Fsp3) is 0.300. The summed E-state index contributed by atoms with van der Waals surface area (Å²) in [5, 5.41) is 7.90. The van der Waals surface area contributed by atoms with Crippen LogP contribution in [0.2, 0.25) is 0 Å². The van der Waals surface area contributed by atoms with Crippen LogP contribution < -0.4 is 5.56 Å². The molecule has 5 nitrogen and oxygen atoms in total. The molecule has 0 atom stereocenters. The third-order valence-electron chi connectivity index (χ3n) is 2.33. The number of aromatic nitrogens is 3. The van der Waals surface area contributed by atoms with Crippen molar-refractivity contribution in [2.45, 2.75) is 20.4 Å². The summed E-state index contributed by atoms with van der Waals surface area (Å²) in [6, 6.07) is 1.55. The molecule has 0 aliphatic heterocycles. The highest BCUT2D eigenvalue weighted by Gasteiger charge is 2.10. The first-order chi connectivity index (χ1) is 7.58. The van der Waals surface area contributed by atoms with Crippen LogP contribution >= 0.6 is 22.6 Å². The van der Waals surface area contributed by atoms with E-state index in [1.54, 1.807) is 12.3 Å². The SMILES string of the molecule is Cc1noc(C)c1Cn1ncc(I)cc1=O. The summed E-state index contributed by atoms with van der Waals surface area (Å²) >= 11 is 2.06. The first kappa shape index (κ1) is 11.3. The van der Waals surface area contributed by atoms with E-state index in [2.05, 4.69) is 32.8 Å². The van der Waals surface area contributed by atoms with E-state index < -0.39 is 0 Å². The van der Waals surface area contributed by atoms with Gasteiger partial charge in [-0.25, -0.2) is 4.68 Å². The van der Waals surface area contributed by atoms with Crippen molar-refractivity contribution in [1.82, 2.24) is 14.9 Å². The molecule has 0 N–H and O–H groups in total. The van der Waals surface area contributed by atoms with Crippen LogP contribution in [0.15, 0.2) is 21.6 Å². The average molecular weight is 331 g/mol. The van der Waals surface area contributed by atoms with Crippen molar-refractivity contribution in [2.75, 3.05) is 0 Å². The molecule has 2 rings (SSSR count). The first-order valence-electron chi connectivity index (χ1n) is 4.72. The highest BCUT2D eigenvalue weighted by atomic mass is 127. The lowest BCUT2D eigenvalue weighted by atomic mass is 10.2. The molecule has 0 unspecified atom stereocenters. The summed E-state index contributed by atoms with van der Waals surface area (Å²) in [7, 11) is 0. The zero-order chi connectivity index (χ0) is 11.7. The predicted octanol–water partition coefficient (Wildman–Crippen LogP) is 1.50. The van der Waals surface area contributed by atoms with Gasteiger partial charge in [-0.3, -0.25) is 4.79 Å². The summed E-state index contributed by atoms with van der Waals surface area (Å²) in [5.74, 6) is 0.727. The van der Waals surface area contributed by atoms with Crippen LogP contribution in [0.1, 0.15) is 17.0 Å². The van der Waals surface area contributed by atoms with E-state index >= 15 is 0 Å². The molecular weight excluding hydrogens is 321 g/mol. The molecule has 6 heteroatoms. The normalized spacial score (nSPS) is 10.7. The minimum Gasteiger partial charge on any atom is -0.361 e. The van der Waals surface area contributed by atoms with Gasteiger partial charge in [-0.05, 0) is 36.4 Å². The van der Waals surface area contributed by atoms with Gasteiger partial charge in [-0.15, -0.1) is 0 Å². The molecule has 0 aromatic carbocycles. The molecule has 0 bridgehead atoms. The number of rotatable bonds is 2. The summed E-state index contributed by atoms with van der Waals surface area (Å²) in [5.41, 5.74) is 1.59. The van der Waals surface area contributed by atoms with Crippen molar-refractivity contribution in [3.05, 3.63) is 43.2 Å². The molecule has 0 amide bonds. The van der Waals surface area contributed by atoms with Crippen molar-refractivity contribution in [2.24, 2.45) is 0 Å². The Hall–Kier alpha value is -1.18. The van der Waals surface area contributed by atoms with Crippen LogP contribution in [0.4, 0.5) is 0 Å². The standard InChI is InChI=1S/C10H10IN3O2/c1-6-9(7(2)16-13-6)5-14-10(15)3-8(11)4-12-14/h3-4H,5H2,1-2H3. The monoisotopic (exact) mass is 331 g/mol. The third-order valence-corrected chi connectivity index (χ3v) is 2.92. The maximum atomic E-state index is 11.6. The fourth-order valence-electron chi connectivity index (χ4n) is 1.41. The van der Waals surface area contributed by atoms with Crippen LogP contribution in [0.5, 0.6) is 0 Å². The van der Waals surface area contributed by atoms with E-state index in [4.69, 9.17) is 4.52 Å². The summed E-state index contributed by atoms with van der Waals surface area (Å²) in [6.07, 6.45) is 1.65. The van der Waals surface area contributed by atoms with Crippen LogP contribution in [0, 0.1) is 17.4 Å². The van der Waals surface area contributed by atoms with Crippen molar-refractivity contribution in [3.8, 4) is 0 Å². The maximum Gasteiger partial charge on any atom is 0.268 e. The molecule has 16 heavy (non-hydrogen) atoms. The molecule has 0 radical (unpaired) electrons. The minimum atomic E-state index is -0.119. The fourth-order valence-corrected chi connectivity index (χ4v) is 1.80. The molecule has 0 spiro atoms. The highest BCUT2D eigenvalue weighted by Crippen LogP contribution is 2.12. The second-order valence-electron chi connectivity index (χ2n) is 3.47. The Bertz CT molecular complexity index is 554. The third kappa shape index (κ3) is 2.16. The van der Waals surface area contributed by atoms with E-state index in [1.807, 2.05) is 13.8 Å². The van der Waals surface area contributed by atoms with Crippen LogP contribution in [0.25, 0.3) is 0 Å². The van der Waals surface area contributed by atoms with Gasteiger partial charge in [0.2, 0.25) is 0 Å². The van der Waals surface area contributed by atoms with Crippen molar-refractivity contribution in [3.63, 3.8) is 0 Å². The molecule has 2 aromatic heterocycles. The Morgan fingerprint density at radius 1 is 1.50 bits per heavy atom. The molecule has 0 saturated carbocycles. The van der Waals surface area contributed by atoms with Crippen LogP contribution in [-0.4, -0.2) is 14.9 Å². The van der Waals surface area contributed by atoms with Gasteiger partial charge < -0.3 is 4.52 Å². The Balaban J connectivity index is 2.38. The number of nitrogens with zero attached hydrogens (tertiary/aromatic N) is 3. The maximum absolute atomic E-state index is 11.6. The van der Waals surface area contributed by atoms with Gasteiger partial charge in [0, 0.05) is 15.2 Å². The van der Waals surface area contributed by atoms with Gasteiger partial charge in [-0.1, -0.05) is 5.16 Å². The van der Waals surface area contributed by atoms with E-state index in [0.717, 1.165) is 20.6 Å². The van der Waals surface area contributed by atoms with Gasteiger partial charge in [0.25, 0.3) is 5.56 Å². The molecule has 2 aromatic rings. The lowest BCUT2D eigenvalue weighted by Crippen LogP contribution is -2.23. The molecule has 0 aliphatic carbocycles. The number of hydrogen-bond acceptors (Lipinski definition) is 4. The first-order valence-corrected chi connectivity index (χ1v) is 5.80. The number of hydrogen-bond donors (Lipinski definition) is 0. The van der Waals surface area contributed by atoms with E-state index in [9.17, 15) is 4.79 Å². The lowest BCUT2D eigenvalue weighted by molar-refractivity contribution is 0.391. The Morgan fingerprint density at radius 2 is 2.25 bits per heavy atom. The molecule has 0 aliphatic rings. The second kappa shape index (κ2) is 4.36. The smallest absolute Gasteiger partial charge is 0.268 e. The Kier molecular flexibility index (Phi) is 3.08. The van der Waals surface area contributed by atoms with Crippen molar-refractivity contribution in [1.29, 1.82) is 0 Å². The van der Waals surface area contributed by atoms with Gasteiger partial charge in [0.1, 0.15) is 5.76 Å². The molecule has 2 heterocycles. The second-order valence-corrected chi connectivity index (χ2v) is 4.72. The summed E-state index contributed by atoms with van der Waals surface area (Å²) in [6.45, 7) is 4.08. The van der Waals surface area contributed by atoms with E-state index in [0.29, 0.717) is 6.54 Å². The summed E-state index contributed by atoms with van der Waals surface area (Å²) in [4.78, 5) is 11.6. The number of halogens is 1. The zero-order valence-electron chi connectivity index (χ0n) is 8.90. The topological polar surface area (TPSA) is 60.9 Å². The van der Waals surface area contributed by atoms with Crippen LogP contribution in [0.3, 0.4) is 0 Å². The molecular formula is C10H10IN3O2. The molecule has 0 fully saturated rings. The Morgan fingerprint density at radius 3 is 2.81 bits per heavy atom. The number of aryl methyl sites for hydroxylation is 2. The lowest BCUT2D eigenvalue weighted by Gasteiger charge is -2.03. The zero-order valence-corrected chi connectivity index (χ0v) is 11.1. The minimum absolute atomic E-state index is 0.119. The van der Waals surface area contributed by atoms with Gasteiger partial charge in [0.05, 0.1) is 18.4 Å². The van der Waals surface area contributed by atoms with Gasteiger partial charge >= 0.3 is 0 Å². The quantitative estimate of drug-likeness (QED) is 0.783. The molecule has 84 valence electrons. The highest BCUT2D eigenvalue weighted by molar-refractivity contribution is 14.1. The van der Waals surface area contributed by atoms with Gasteiger partial charge in [-0.2, -0.15) is 5.10 Å². The van der Waals surface area contributed by atoms with Crippen molar-refractivity contribution < 1.29 is 4.52 Å².